The van der Waals surface area contributed by atoms with Gasteiger partial charge in [0.25, 0.3) is 0 Å². The van der Waals surface area contributed by atoms with Gasteiger partial charge in [-0.05, 0) is 25.6 Å². The molecule has 0 amide bonds. The molecule has 0 aliphatic heterocycles. The van der Waals surface area contributed by atoms with Gasteiger partial charge in [0, 0.05) is 18.9 Å². The van der Waals surface area contributed by atoms with Crippen molar-refractivity contribution < 1.29 is 0 Å². The van der Waals surface area contributed by atoms with Crippen LogP contribution in [0.3, 0.4) is 0 Å². The molecule has 2 rings (SSSR count). The van der Waals surface area contributed by atoms with Crippen molar-refractivity contribution in [2.45, 2.75) is 13.5 Å². The van der Waals surface area contributed by atoms with E-state index in [1.54, 1.807) is 0 Å². The van der Waals surface area contributed by atoms with Crippen molar-refractivity contribution in [1.82, 2.24) is 14.7 Å². The predicted octanol–water partition coefficient (Wildman–Crippen LogP) is 1.36. The van der Waals surface area contributed by atoms with Crippen molar-refractivity contribution in [3.63, 3.8) is 0 Å². The minimum Gasteiger partial charge on any atom is -0.314 e. The first-order chi connectivity index (χ1) is 6.29. The first-order valence-electron chi connectivity index (χ1n) is 4.38. The number of pyridine rings is 1. The van der Waals surface area contributed by atoms with E-state index in [1.807, 2.05) is 13.1 Å². The molecule has 0 saturated heterocycles. The van der Waals surface area contributed by atoms with E-state index in [4.69, 9.17) is 0 Å². The molecular weight excluding hydrogens is 162 g/mol. The summed E-state index contributed by atoms with van der Waals surface area (Å²) >= 11 is 0. The minimum atomic E-state index is 0.820. The second-order valence-corrected chi connectivity index (χ2v) is 3.23. The van der Waals surface area contributed by atoms with Crippen molar-refractivity contribution in [2.24, 2.45) is 0 Å². The summed E-state index contributed by atoms with van der Waals surface area (Å²) in [5.41, 5.74) is 3.34. The SMILES string of the molecule is CNCc1cn2cc(C)ccc2n1. The van der Waals surface area contributed by atoms with Gasteiger partial charge < -0.3 is 9.72 Å². The Morgan fingerprint density at radius 2 is 2.23 bits per heavy atom. The van der Waals surface area contributed by atoms with E-state index in [-0.39, 0.29) is 0 Å². The Balaban J connectivity index is 2.49. The first-order valence-corrected chi connectivity index (χ1v) is 4.38. The van der Waals surface area contributed by atoms with Crippen molar-refractivity contribution in [3.05, 3.63) is 35.8 Å². The van der Waals surface area contributed by atoms with Gasteiger partial charge in [-0.25, -0.2) is 4.98 Å². The minimum absolute atomic E-state index is 0.820. The zero-order valence-corrected chi connectivity index (χ0v) is 7.91. The molecule has 0 atom stereocenters. The smallest absolute Gasteiger partial charge is 0.137 e. The van der Waals surface area contributed by atoms with E-state index in [0.29, 0.717) is 0 Å². The van der Waals surface area contributed by atoms with Crippen LogP contribution in [-0.4, -0.2) is 16.4 Å². The molecule has 0 fully saturated rings. The van der Waals surface area contributed by atoms with Crippen LogP contribution in [0, 0.1) is 6.92 Å². The van der Waals surface area contributed by atoms with Crippen molar-refractivity contribution in [1.29, 1.82) is 0 Å². The normalized spacial score (nSPS) is 10.9. The fourth-order valence-electron chi connectivity index (χ4n) is 1.42. The van der Waals surface area contributed by atoms with Crippen LogP contribution in [-0.2, 0) is 6.54 Å². The standard InChI is InChI=1S/C10H13N3/c1-8-3-4-10-12-9(5-11-2)7-13(10)6-8/h3-4,6-7,11H,5H2,1-2H3. The van der Waals surface area contributed by atoms with Gasteiger partial charge >= 0.3 is 0 Å². The van der Waals surface area contributed by atoms with Crippen molar-refractivity contribution >= 4 is 5.65 Å². The molecule has 0 aliphatic carbocycles. The first kappa shape index (κ1) is 8.26. The van der Waals surface area contributed by atoms with Crippen molar-refractivity contribution in [2.75, 3.05) is 7.05 Å². The number of rotatable bonds is 2. The van der Waals surface area contributed by atoms with Gasteiger partial charge in [-0.1, -0.05) is 6.07 Å². The zero-order valence-electron chi connectivity index (χ0n) is 7.91. The summed E-state index contributed by atoms with van der Waals surface area (Å²) < 4.78 is 2.06. The zero-order chi connectivity index (χ0) is 9.26. The number of imidazole rings is 1. The lowest BCUT2D eigenvalue weighted by Crippen LogP contribution is -2.04. The molecule has 68 valence electrons. The molecule has 2 aromatic rings. The lowest BCUT2D eigenvalue weighted by atomic mass is 10.3. The van der Waals surface area contributed by atoms with E-state index in [2.05, 4.69) is 40.1 Å². The van der Waals surface area contributed by atoms with Gasteiger partial charge in [-0.3, -0.25) is 0 Å². The maximum absolute atomic E-state index is 4.44. The number of aryl methyl sites for hydroxylation is 1. The molecule has 0 spiro atoms. The number of aromatic nitrogens is 2. The number of nitrogens with one attached hydrogen (secondary N) is 1. The van der Waals surface area contributed by atoms with Gasteiger partial charge in [0.05, 0.1) is 5.69 Å². The second kappa shape index (κ2) is 3.18. The third-order valence-electron chi connectivity index (χ3n) is 2.01. The van der Waals surface area contributed by atoms with E-state index in [0.717, 1.165) is 17.9 Å². The van der Waals surface area contributed by atoms with Crippen LogP contribution in [0.25, 0.3) is 5.65 Å². The van der Waals surface area contributed by atoms with Crippen molar-refractivity contribution in [3.8, 4) is 0 Å². The molecule has 0 radical (unpaired) electrons. The van der Waals surface area contributed by atoms with Crippen LogP contribution >= 0.6 is 0 Å². The van der Waals surface area contributed by atoms with Crippen LogP contribution in [0.15, 0.2) is 24.5 Å². The summed E-state index contributed by atoms with van der Waals surface area (Å²) in [4.78, 5) is 4.44. The van der Waals surface area contributed by atoms with Gasteiger partial charge in [0.15, 0.2) is 0 Å². The average Bonchev–Trinajstić information content (AvgIpc) is 2.46. The van der Waals surface area contributed by atoms with Gasteiger partial charge in [0.2, 0.25) is 0 Å². The molecule has 2 aromatic heterocycles. The van der Waals surface area contributed by atoms with Crippen LogP contribution in [0.1, 0.15) is 11.3 Å². The van der Waals surface area contributed by atoms with Crippen LogP contribution < -0.4 is 5.32 Å². The molecule has 0 unspecified atom stereocenters. The summed E-state index contributed by atoms with van der Waals surface area (Å²) in [6.07, 6.45) is 4.14. The summed E-state index contributed by atoms with van der Waals surface area (Å²) in [7, 11) is 1.93. The molecule has 0 aliphatic rings. The Labute approximate surface area is 77.4 Å². The number of hydrogen-bond acceptors (Lipinski definition) is 2. The van der Waals surface area contributed by atoms with Crippen LogP contribution in [0.5, 0.6) is 0 Å². The fraction of sp³-hybridized carbons (Fsp3) is 0.300. The predicted molar refractivity (Wildman–Crippen MR) is 52.7 cm³/mol. The Hall–Kier alpha value is -1.35. The molecule has 0 aromatic carbocycles. The second-order valence-electron chi connectivity index (χ2n) is 3.23. The maximum atomic E-state index is 4.44. The lowest BCUT2D eigenvalue weighted by molar-refractivity contribution is 0.798. The molecule has 13 heavy (non-hydrogen) atoms. The number of nitrogens with zero attached hydrogens (tertiary/aromatic N) is 2. The average molecular weight is 175 g/mol. The lowest BCUT2D eigenvalue weighted by Gasteiger charge is -1.93. The molecule has 2 heterocycles. The quantitative estimate of drug-likeness (QED) is 0.746. The van der Waals surface area contributed by atoms with E-state index >= 15 is 0 Å². The van der Waals surface area contributed by atoms with Gasteiger partial charge in [-0.15, -0.1) is 0 Å². The third kappa shape index (κ3) is 1.55. The van der Waals surface area contributed by atoms with Crippen LogP contribution in [0.4, 0.5) is 0 Å². The molecular formula is C10H13N3. The molecule has 0 bridgehead atoms. The summed E-state index contributed by atoms with van der Waals surface area (Å²) in [6, 6.07) is 4.11. The van der Waals surface area contributed by atoms with Crippen LogP contribution in [0.2, 0.25) is 0 Å². The summed E-state index contributed by atoms with van der Waals surface area (Å²) in [5.74, 6) is 0. The topological polar surface area (TPSA) is 29.3 Å². The highest BCUT2D eigenvalue weighted by molar-refractivity contribution is 5.41. The van der Waals surface area contributed by atoms with E-state index in [1.165, 1.54) is 5.56 Å². The van der Waals surface area contributed by atoms with E-state index < -0.39 is 0 Å². The number of fused-ring (bicyclic) bond motifs is 1. The third-order valence-corrected chi connectivity index (χ3v) is 2.01. The Morgan fingerprint density at radius 1 is 1.38 bits per heavy atom. The molecule has 0 saturated carbocycles. The highest BCUT2D eigenvalue weighted by Gasteiger charge is 1.99. The maximum Gasteiger partial charge on any atom is 0.137 e. The molecule has 3 heteroatoms. The summed E-state index contributed by atoms with van der Waals surface area (Å²) in [5, 5.41) is 3.08. The highest BCUT2D eigenvalue weighted by atomic mass is 15.0. The van der Waals surface area contributed by atoms with Gasteiger partial charge in [-0.2, -0.15) is 0 Å². The Morgan fingerprint density at radius 3 is 3.00 bits per heavy atom. The van der Waals surface area contributed by atoms with E-state index in [9.17, 15) is 0 Å². The highest BCUT2D eigenvalue weighted by Crippen LogP contribution is 2.06. The molecule has 3 nitrogen and oxygen atoms in total. The Bertz CT molecular complexity index is 417. The summed E-state index contributed by atoms with van der Waals surface area (Å²) in [6.45, 7) is 2.90. The fourth-order valence-corrected chi connectivity index (χ4v) is 1.42. The van der Waals surface area contributed by atoms with Gasteiger partial charge in [0.1, 0.15) is 5.65 Å². The monoisotopic (exact) mass is 175 g/mol. The largest absolute Gasteiger partial charge is 0.314 e. The molecule has 1 N–H and O–H groups in total. The number of hydrogen-bond donors (Lipinski definition) is 1. The Kier molecular flexibility index (Phi) is 2.02.